The van der Waals surface area contributed by atoms with Crippen LogP contribution in [0.4, 0.5) is 4.79 Å². The smallest absolute Gasteiger partial charge is 0.326 e. The quantitative estimate of drug-likeness (QED) is 0.636. The average molecular weight is 242 g/mol. The van der Waals surface area contributed by atoms with Gasteiger partial charge in [0.15, 0.2) is 0 Å². The summed E-state index contributed by atoms with van der Waals surface area (Å²) in [7, 11) is 0. The molecule has 1 aliphatic rings. The van der Waals surface area contributed by atoms with E-state index in [1.807, 2.05) is 6.92 Å². The molecule has 1 fully saturated rings. The van der Waals surface area contributed by atoms with Crippen LogP contribution in [0.1, 0.15) is 46.0 Å². The van der Waals surface area contributed by atoms with Crippen LogP contribution < -0.4 is 10.6 Å². The van der Waals surface area contributed by atoms with Crippen molar-refractivity contribution in [2.24, 2.45) is 5.41 Å². The standard InChI is InChI=1S/C12H22N2O3/c1-3-4-5-9(10(15)16)14-11(17)13-8-12(2)6-7-12/h9H,3-8H2,1-2H3,(H,15,16)(H2,13,14,17). The Hall–Kier alpha value is -1.26. The fraction of sp³-hybridized carbons (Fsp3) is 0.833. The molecule has 0 saturated heterocycles. The second-order valence-corrected chi connectivity index (χ2v) is 5.17. The molecule has 1 rings (SSSR count). The minimum Gasteiger partial charge on any atom is -0.480 e. The van der Waals surface area contributed by atoms with Crippen molar-refractivity contribution >= 4 is 12.0 Å². The second-order valence-electron chi connectivity index (χ2n) is 5.17. The maximum absolute atomic E-state index is 11.5. The molecule has 0 spiro atoms. The van der Waals surface area contributed by atoms with Gasteiger partial charge >= 0.3 is 12.0 Å². The number of hydrogen-bond donors (Lipinski definition) is 3. The molecule has 5 heteroatoms. The van der Waals surface area contributed by atoms with Gasteiger partial charge in [0.25, 0.3) is 0 Å². The first kappa shape index (κ1) is 13.8. The lowest BCUT2D eigenvalue weighted by Crippen LogP contribution is -2.47. The van der Waals surface area contributed by atoms with Gasteiger partial charge < -0.3 is 15.7 Å². The summed E-state index contributed by atoms with van der Waals surface area (Å²) in [6.07, 6.45) is 4.47. The van der Waals surface area contributed by atoms with E-state index in [-0.39, 0.29) is 11.4 Å². The summed E-state index contributed by atoms with van der Waals surface area (Å²) in [6, 6.07) is -1.15. The van der Waals surface area contributed by atoms with Crippen molar-refractivity contribution in [3.63, 3.8) is 0 Å². The van der Waals surface area contributed by atoms with Crippen LogP contribution in [0, 0.1) is 5.41 Å². The molecule has 3 N–H and O–H groups in total. The number of aliphatic carboxylic acids is 1. The van der Waals surface area contributed by atoms with E-state index in [4.69, 9.17) is 5.11 Å². The Morgan fingerprint density at radius 1 is 1.41 bits per heavy atom. The van der Waals surface area contributed by atoms with Crippen molar-refractivity contribution in [2.75, 3.05) is 6.54 Å². The van der Waals surface area contributed by atoms with Crippen LogP contribution in [0.15, 0.2) is 0 Å². The molecule has 1 unspecified atom stereocenters. The predicted molar refractivity (Wildman–Crippen MR) is 64.8 cm³/mol. The van der Waals surface area contributed by atoms with Crippen LogP contribution in [-0.2, 0) is 4.79 Å². The number of unbranched alkanes of at least 4 members (excludes halogenated alkanes) is 1. The minimum atomic E-state index is -0.966. The summed E-state index contributed by atoms with van der Waals surface area (Å²) in [6.45, 7) is 4.73. The van der Waals surface area contributed by atoms with Gasteiger partial charge in [-0.05, 0) is 24.7 Å². The molecule has 0 radical (unpaired) electrons. The number of rotatable bonds is 7. The Balaban J connectivity index is 2.27. The zero-order chi connectivity index (χ0) is 12.9. The van der Waals surface area contributed by atoms with Crippen LogP contribution in [0.5, 0.6) is 0 Å². The summed E-state index contributed by atoms with van der Waals surface area (Å²) >= 11 is 0. The largest absolute Gasteiger partial charge is 0.480 e. The van der Waals surface area contributed by atoms with E-state index in [0.717, 1.165) is 25.7 Å². The summed E-state index contributed by atoms with van der Waals surface area (Å²) in [4.78, 5) is 22.4. The van der Waals surface area contributed by atoms with E-state index in [1.54, 1.807) is 0 Å². The lowest BCUT2D eigenvalue weighted by Gasteiger charge is -2.16. The Labute approximate surface area is 102 Å². The number of hydrogen-bond acceptors (Lipinski definition) is 2. The van der Waals surface area contributed by atoms with E-state index in [1.165, 1.54) is 0 Å². The van der Waals surface area contributed by atoms with Gasteiger partial charge in [0, 0.05) is 6.54 Å². The topological polar surface area (TPSA) is 78.4 Å². The van der Waals surface area contributed by atoms with E-state index in [0.29, 0.717) is 13.0 Å². The van der Waals surface area contributed by atoms with Crippen LogP contribution in [0.3, 0.4) is 0 Å². The van der Waals surface area contributed by atoms with Crippen LogP contribution in [0.2, 0.25) is 0 Å². The molecule has 2 amide bonds. The highest BCUT2D eigenvalue weighted by Crippen LogP contribution is 2.43. The van der Waals surface area contributed by atoms with Crippen molar-refractivity contribution in [2.45, 2.75) is 52.0 Å². The maximum atomic E-state index is 11.5. The van der Waals surface area contributed by atoms with E-state index in [2.05, 4.69) is 17.6 Å². The van der Waals surface area contributed by atoms with Crippen LogP contribution in [-0.4, -0.2) is 29.7 Å². The highest BCUT2D eigenvalue weighted by atomic mass is 16.4. The number of amides is 2. The molecule has 0 aromatic rings. The molecule has 0 aliphatic heterocycles. The molecule has 0 bridgehead atoms. The van der Waals surface area contributed by atoms with Gasteiger partial charge in [-0.2, -0.15) is 0 Å². The molecule has 17 heavy (non-hydrogen) atoms. The first-order valence-electron chi connectivity index (χ1n) is 6.24. The molecular weight excluding hydrogens is 220 g/mol. The Morgan fingerprint density at radius 2 is 2.06 bits per heavy atom. The number of nitrogens with one attached hydrogen (secondary N) is 2. The van der Waals surface area contributed by atoms with Crippen LogP contribution in [0.25, 0.3) is 0 Å². The summed E-state index contributed by atoms with van der Waals surface area (Å²) in [5.41, 5.74) is 0.236. The molecule has 5 nitrogen and oxygen atoms in total. The minimum absolute atomic E-state index is 0.236. The molecule has 1 saturated carbocycles. The van der Waals surface area contributed by atoms with Gasteiger partial charge in [0.05, 0.1) is 0 Å². The van der Waals surface area contributed by atoms with E-state index in [9.17, 15) is 9.59 Å². The highest BCUT2D eigenvalue weighted by molar-refractivity contribution is 5.82. The first-order valence-corrected chi connectivity index (χ1v) is 6.24. The zero-order valence-electron chi connectivity index (χ0n) is 10.6. The number of carbonyl (C=O) groups excluding carboxylic acids is 1. The third-order valence-corrected chi connectivity index (χ3v) is 3.23. The van der Waals surface area contributed by atoms with Gasteiger partial charge in [-0.3, -0.25) is 0 Å². The molecule has 1 aliphatic carbocycles. The van der Waals surface area contributed by atoms with Gasteiger partial charge in [-0.1, -0.05) is 26.7 Å². The van der Waals surface area contributed by atoms with Crippen molar-refractivity contribution < 1.29 is 14.7 Å². The molecule has 1 atom stereocenters. The van der Waals surface area contributed by atoms with Gasteiger partial charge in [-0.25, -0.2) is 9.59 Å². The molecular formula is C12H22N2O3. The molecule has 0 heterocycles. The van der Waals surface area contributed by atoms with Crippen molar-refractivity contribution in [3.05, 3.63) is 0 Å². The third kappa shape index (κ3) is 5.06. The third-order valence-electron chi connectivity index (χ3n) is 3.23. The lowest BCUT2D eigenvalue weighted by molar-refractivity contribution is -0.139. The monoisotopic (exact) mass is 242 g/mol. The number of carboxylic acid groups (broad SMARTS) is 1. The highest BCUT2D eigenvalue weighted by Gasteiger charge is 2.37. The van der Waals surface area contributed by atoms with Crippen molar-refractivity contribution in [3.8, 4) is 0 Å². The summed E-state index contributed by atoms with van der Waals surface area (Å²) in [5, 5.41) is 14.2. The zero-order valence-corrected chi connectivity index (χ0v) is 10.6. The Kier molecular flexibility index (Phi) is 4.78. The summed E-state index contributed by atoms with van der Waals surface area (Å²) in [5.74, 6) is -0.966. The number of carboxylic acids is 1. The molecule has 0 aromatic heterocycles. The van der Waals surface area contributed by atoms with Crippen LogP contribution >= 0.6 is 0 Å². The maximum Gasteiger partial charge on any atom is 0.326 e. The normalized spacial score (nSPS) is 18.2. The average Bonchev–Trinajstić information content (AvgIpc) is 3.00. The van der Waals surface area contributed by atoms with E-state index < -0.39 is 12.0 Å². The lowest BCUT2D eigenvalue weighted by atomic mass is 10.1. The second kappa shape index (κ2) is 5.89. The molecule has 98 valence electrons. The van der Waals surface area contributed by atoms with Crippen molar-refractivity contribution in [1.82, 2.24) is 10.6 Å². The fourth-order valence-corrected chi connectivity index (χ4v) is 1.56. The van der Waals surface area contributed by atoms with Gasteiger partial charge in [0.1, 0.15) is 6.04 Å². The Morgan fingerprint density at radius 3 is 2.53 bits per heavy atom. The number of urea groups is 1. The van der Waals surface area contributed by atoms with Crippen molar-refractivity contribution in [1.29, 1.82) is 0 Å². The van der Waals surface area contributed by atoms with Gasteiger partial charge in [0.2, 0.25) is 0 Å². The molecule has 0 aromatic carbocycles. The SMILES string of the molecule is CCCCC(NC(=O)NCC1(C)CC1)C(=O)O. The Bertz CT molecular complexity index is 287. The first-order chi connectivity index (χ1) is 7.97. The fourth-order valence-electron chi connectivity index (χ4n) is 1.56. The van der Waals surface area contributed by atoms with Gasteiger partial charge in [-0.15, -0.1) is 0 Å². The summed E-state index contributed by atoms with van der Waals surface area (Å²) < 4.78 is 0. The van der Waals surface area contributed by atoms with E-state index >= 15 is 0 Å². The predicted octanol–water partition coefficient (Wildman–Crippen LogP) is 1.73. The number of carbonyl (C=O) groups is 2.